The molecule has 0 atom stereocenters. The Labute approximate surface area is 244 Å². The number of hydrogen-bond acceptors (Lipinski definition) is 3. The van der Waals surface area contributed by atoms with Crippen LogP contribution in [0.1, 0.15) is 11.4 Å². The van der Waals surface area contributed by atoms with Crippen molar-refractivity contribution in [3.05, 3.63) is 151 Å². The minimum atomic E-state index is 0. The molecule has 0 bridgehead atoms. The van der Waals surface area contributed by atoms with Gasteiger partial charge in [-0.1, -0.05) is 83.9 Å². The number of pyridine rings is 1. The van der Waals surface area contributed by atoms with E-state index in [2.05, 4.69) is 75.6 Å². The van der Waals surface area contributed by atoms with E-state index < -0.39 is 0 Å². The van der Waals surface area contributed by atoms with E-state index in [1.807, 2.05) is 86.6 Å². The molecule has 0 fully saturated rings. The third-order valence-electron chi connectivity index (χ3n) is 5.99. The van der Waals surface area contributed by atoms with Gasteiger partial charge in [-0.05, 0) is 37.2 Å². The zero-order chi connectivity index (χ0) is 26.2. The van der Waals surface area contributed by atoms with E-state index in [9.17, 15) is 0 Å². The van der Waals surface area contributed by atoms with Crippen LogP contribution in [0.2, 0.25) is 0 Å². The van der Waals surface area contributed by atoms with Crippen molar-refractivity contribution in [3.63, 3.8) is 0 Å². The molecule has 0 saturated heterocycles. The van der Waals surface area contributed by atoms with Gasteiger partial charge < -0.3 is 4.98 Å². The van der Waals surface area contributed by atoms with E-state index in [-0.39, 0.29) is 20.1 Å². The predicted octanol–water partition coefficient (Wildman–Crippen LogP) is 8.44. The smallest absolute Gasteiger partial charge is 0.0754 e. The number of hydrogen-bond donors (Lipinski definition) is 0. The standard InChI is InChI=1S/C18H15N2.C17H12N.Ir/c1-13-11-14(2)20-18(19-13)17-10-6-9-16(12-17)15-7-4-3-5-8-15;1-2-6-14(7-3-1)15-9-11-16(12-10-15)17-8-4-5-13-18-17;/h3-9,11-12H,1-2H3;1-11,13H;/q2*-1;. The molecule has 2 aromatic heterocycles. The molecule has 1 radical (unpaired) electrons. The summed E-state index contributed by atoms with van der Waals surface area (Å²) in [4.78, 5) is 13.3. The fraction of sp³-hybridized carbons (Fsp3) is 0.0571. The first-order valence-corrected chi connectivity index (χ1v) is 12.5. The molecule has 0 spiro atoms. The summed E-state index contributed by atoms with van der Waals surface area (Å²) < 4.78 is 0. The Morgan fingerprint density at radius 2 is 1.18 bits per heavy atom. The van der Waals surface area contributed by atoms with Crippen LogP contribution in [-0.4, -0.2) is 15.0 Å². The quantitative estimate of drug-likeness (QED) is 0.175. The van der Waals surface area contributed by atoms with E-state index in [0.717, 1.165) is 39.6 Å². The van der Waals surface area contributed by atoms with E-state index in [0.29, 0.717) is 0 Å². The molecular weight excluding hydrogens is 655 g/mol. The SMILES string of the molecule is Cc1cc(C)nc(-c2[c-]ccc(-c3ccccc3)c2)n1.[Ir].[c-]1cc(-c2ccccc2)ccc1-c1ccccn1. The number of nitrogens with zero attached hydrogens (tertiary/aromatic N) is 3. The topological polar surface area (TPSA) is 38.7 Å². The van der Waals surface area contributed by atoms with Crippen molar-refractivity contribution in [2.24, 2.45) is 0 Å². The van der Waals surface area contributed by atoms with Crippen LogP contribution in [0.25, 0.3) is 44.9 Å². The van der Waals surface area contributed by atoms with Crippen LogP contribution >= 0.6 is 0 Å². The Morgan fingerprint density at radius 1 is 0.538 bits per heavy atom. The van der Waals surface area contributed by atoms with Gasteiger partial charge in [0.2, 0.25) is 0 Å². The van der Waals surface area contributed by atoms with Gasteiger partial charge in [0.1, 0.15) is 0 Å². The number of benzene rings is 4. The molecule has 0 unspecified atom stereocenters. The monoisotopic (exact) mass is 682 g/mol. The molecule has 0 aliphatic heterocycles. The number of aryl methyl sites for hydroxylation is 2. The van der Waals surface area contributed by atoms with Gasteiger partial charge >= 0.3 is 0 Å². The molecule has 4 aromatic carbocycles. The second-order valence-electron chi connectivity index (χ2n) is 8.90. The predicted molar refractivity (Wildman–Crippen MR) is 155 cm³/mol. The normalized spacial score (nSPS) is 10.1. The summed E-state index contributed by atoms with van der Waals surface area (Å²) >= 11 is 0. The second-order valence-corrected chi connectivity index (χ2v) is 8.90. The first-order chi connectivity index (χ1) is 18.7. The summed E-state index contributed by atoms with van der Waals surface area (Å²) in [5, 5.41) is 0. The average Bonchev–Trinajstić information content (AvgIpc) is 2.99. The molecule has 0 aliphatic rings. The molecule has 3 nitrogen and oxygen atoms in total. The fourth-order valence-electron chi connectivity index (χ4n) is 4.17. The average molecular weight is 682 g/mol. The van der Waals surface area contributed by atoms with Gasteiger partial charge in [0.15, 0.2) is 0 Å². The molecule has 0 amide bonds. The van der Waals surface area contributed by atoms with Crippen LogP contribution in [0.4, 0.5) is 0 Å². The second kappa shape index (κ2) is 13.5. The Hall–Kier alpha value is -4.24. The largest absolute Gasteiger partial charge is 0.305 e. The van der Waals surface area contributed by atoms with Gasteiger partial charge in [-0.25, -0.2) is 0 Å². The number of rotatable bonds is 4. The zero-order valence-corrected chi connectivity index (χ0v) is 24.2. The van der Waals surface area contributed by atoms with E-state index >= 15 is 0 Å². The Morgan fingerprint density at radius 3 is 1.77 bits per heavy atom. The molecule has 2 heterocycles. The van der Waals surface area contributed by atoms with Crippen molar-refractivity contribution >= 4 is 0 Å². The maximum absolute atomic E-state index is 4.50. The molecule has 39 heavy (non-hydrogen) atoms. The van der Waals surface area contributed by atoms with Gasteiger partial charge in [0.25, 0.3) is 0 Å². The molecular formula is C35H27IrN3-2. The summed E-state index contributed by atoms with van der Waals surface area (Å²) in [5.74, 6) is 0.736. The van der Waals surface area contributed by atoms with Crippen LogP contribution < -0.4 is 0 Å². The van der Waals surface area contributed by atoms with Gasteiger partial charge in [-0.2, -0.15) is 0 Å². The van der Waals surface area contributed by atoms with Crippen molar-refractivity contribution in [2.75, 3.05) is 0 Å². The molecule has 4 heteroatoms. The molecule has 0 N–H and O–H groups in total. The van der Waals surface area contributed by atoms with Crippen molar-refractivity contribution in [2.45, 2.75) is 13.8 Å². The van der Waals surface area contributed by atoms with Crippen molar-refractivity contribution in [1.82, 2.24) is 15.0 Å². The molecule has 0 aliphatic carbocycles. The Balaban J connectivity index is 0.000000177. The van der Waals surface area contributed by atoms with Crippen molar-refractivity contribution < 1.29 is 20.1 Å². The third-order valence-corrected chi connectivity index (χ3v) is 5.99. The first-order valence-electron chi connectivity index (χ1n) is 12.5. The van der Waals surface area contributed by atoms with Crippen LogP contribution in [-0.2, 0) is 20.1 Å². The van der Waals surface area contributed by atoms with Crippen LogP contribution in [0.5, 0.6) is 0 Å². The summed E-state index contributed by atoms with van der Waals surface area (Å²) in [5.41, 5.74) is 9.59. The summed E-state index contributed by atoms with van der Waals surface area (Å²) in [6.45, 7) is 3.97. The maximum Gasteiger partial charge on any atom is 0.0754 e. The van der Waals surface area contributed by atoms with Crippen molar-refractivity contribution in [1.29, 1.82) is 0 Å². The summed E-state index contributed by atoms with van der Waals surface area (Å²) in [7, 11) is 0. The summed E-state index contributed by atoms with van der Waals surface area (Å²) in [6.07, 6.45) is 1.80. The molecule has 193 valence electrons. The van der Waals surface area contributed by atoms with Gasteiger partial charge in [-0.3, -0.25) is 9.97 Å². The van der Waals surface area contributed by atoms with Gasteiger partial charge in [0, 0.05) is 37.7 Å². The third kappa shape index (κ3) is 7.42. The van der Waals surface area contributed by atoms with E-state index in [1.54, 1.807) is 6.20 Å². The van der Waals surface area contributed by atoms with Crippen LogP contribution in [0, 0.1) is 26.0 Å². The van der Waals surface area contributed by atoms with Crippen LogP contribution in [0.3, 0.4) is 0 Å². The zero-order valence-electron chi connectivity index (χ0n) is 21.8. The number of aromatic nitrogens is 3. The van der Waals surface area contributed by atoms with Crippen molar-refractivity contribution in [3.8, 4) is 44.9 Å². The summed E-state index contributed by atoms with van der Waals surface area (Å²) in [6, 6.07) is 47.3. The first kappa shape index (κ1) is 27.8. The van der Waals surface area contributed by atoms with E-state index in [1.165, 1.54) is 16.7 Å². The van der Waals surface area contributed by atoms with Crippen LogP contribution in [0.15, 0.2) is 128 Å². The minimum absolute atomic E-state index is 0. The van der Waals surface area contributed by atoms with Gasteiger partial charge in [0.05, 0.1) is 5.82 Å². The Bertz CT molecular complexity index is 1520. The Kier molecular flexibility index (Phi) is 9.63. The molecule has 0 saturated carbocycles. The van der Waals surface area contributed by atoms with Gasteiger partial charge in [-0.15, -0.1) is 65.2 Å². The molecule has 6 rings (SSSR count). The maximum atomic E-state index is 4.50. The molecule has 6 aromatic rings. The van der Waals surface area contributed by atoms with E-state index in [4.69, 9.17) is 0 Å². The minimum Gasteiger partial charge on any atom is -0.305 e. The fourth-order valence-corrected chi connectivity index (χ4v) is 4.17.